The van der Waals surface area contributed by atoms with Gasteiger partial charge in [0.15, 0.2) is 0 Å². The Kier molecular flexibility index (Phi) is 6.30. The van der Waals surface area contributed by atoms with Crippen molar-refractivity contribution in [3.8, 4) is 0 Å². The summed E-state index contributed by atoms with van der Waals surface area (Å²) in [6.45, 7) is 10.2. The van der Waals surface area contributed by atoms with Gasteiger partial charge < -0.3 is 4.48 Å². The highest BCUT2D eigenvalue weighted by molar-refractivity contribution is 7.86. The van der Waals surface area contributed by atoms with Crippen LogP contribution in [0.2, 0.25) is 0 Å². The molecule has 0 aromatic heterocycles. The quantitative estimate of drug-likeness (QED) is 0.576. The molecule has 0 aliphatic carbocycles. The van der Waals surface area contributed by atoms with Crippen molar-refractivity contribution < 1.29 is 17.5 Å². The van der Waals surface area contributed by atoms with Gasteiger partial charge in [-0.15, -0.1) is 0 Å². The van der Waals surface area contributed by atoms with Crippen molar-refractivity contribution >= 4 is 10.1 Å². The number of nitrogens with zero attached hydrogens (tertiary/aromatic N) is 1. The molecule has 0 heterocycles. The van der Waals surface area contributed by atoms with E-state index in [1.165, 1.54) is 0 Å². The van der Waals surface area contributed by atoms with Crippen LogP contribution in [0.15, 0.2) is 0 Å². The molecular weight excluding hydrogens is 250 g/mol. The monoisotopic (exact) mass is 280 g/mol. The standard InChI is InChI=1S/C13H29NO3S/c1-10(2)8-11(3)14(6,7)12(4)9-13(5)18(15,16)17/h10-13H,8-9H2,1-7H3/p+1. The molecule has 0 amide bonds. The molecule has 0 spiro atoms. The number of quaternary nitrogens is 1. The summed E-state index contributed by atoms with van der Waals surface area (Å²) in [5.74, 6) is 0.628. The van der Waals surface area contributed by atoms with Crippen LogP contribution in [0.25, 0.3) is 0 Å². The van der Waals surface area contributed by atoms with Crippen molar-refractivity contribution in [3.05, 3.63) is 0 Å². The van der Waals surface area contributed by atoms with E-state index in [0.29, 0.717) is 18.4 Å². The molecule has 5 heteroatoms. The predicted molar refractivity (Wildman–Crippen MR) is 76.1 cm³/mol. The zero-order chi connectivity index (χ0) is 14.7. The summed E-state index contributed by atoms with van der Waals surface area (Å²) >= 11 is 0. The van der Waals surface area contributed by atoms with Crippen LogP contribution in [0.1, 0.15) is 47.5 Å². The minimum Gasteiger partial charge on any atom is -0.324 e. The molecule has 0 radical (unpaired) electrons. The molecule has 0 fully saturated rings. The normalized spacial score (nSPS) is 18.7. The van der Waals surface area contributed by atoms with Crippen molar-refractivity contribution in [2.24, 2.45) is 5.92 Å². The third-order valence-electron chi connectivity index (χ3n) is 4.27. The lowest BCUT2D eigenvalue weighted by molar-refractivity contribution is -0.936. The van der Waals surface area contributed by atoms with Crippen molar-refractivity contribution in [3.63, 3.8) is 0 Å². The van der Waals surface area contributed by atoms with Gasteiger partial charge in [-0.05, 0) is 26.7 Å². The highest BCUT2D eigenvalue weighted by Crippen LogP contribution is 2.23. The molecule has 0 saturated carbocycles. The maximum absolute atomic E-state index is 11.1. The second-order valence-electron chi connectivity index (χ2n) is 6.52. The fourth-order valence-electron chi connectivity index (χ4n) is 2.26. The van der Waals surface area contributed by atoms with Gasteiger partial charge in [0, 0.05) is 12.8 Å². The average molecular weight is 280 g/mol. The molecule has 0 aromatic rings. The van der Waals surface area contributed by atoms with Crippen LogP contribution in [-0.4, -0.2) is 48.9 Å². The Balaban J connectivity index is 4.70. The summed E-state index contributed by atoms with van der Waals surface area (Å²) in [5, 5.41) is -0.698. The third kappa shape index (κ3) is 5.24. The van der Waals surface area contributed by atoms with E-state index in [-0.39, 0.29) is 6.04 Å². The number of hydrogen-bond donors (Lipinski definition) is 1. The fraction of sp³-hybridized carbons (Fsp3) is 1.00. The van der Waals surface area contributed by atoms with Crippen LogP contribution < -0.4 is 0 Å². The van der Waals surface area contributed by atoms with E-state index in [1.807, 2.05) is 0 Å². The Bertz CT molecular complexity index is 349. The maximum Gasteiger partial charge on any atom is 0.267 e. The van der Waals surface area contributed by atoms with E-state index in [2.05, 4.69) is 41.8 Å². The van der Waals surface area contributed by atoms with Gasteiger partial charge in [-0.2, -0.15) is 8.42 Å². The Hall–Kier alpha value is -0.130. The van der Waals surface area contributed by atoms with Gasteiger partial charge in [0.05, 0.1) is 31.4 Å². The van der Waals surface area contributed by atoms with Crippen LogP contribution in [0, 0.1) is 5.92 Å². The predicted octanol–water partition coefficient (Wildman–Crippen LogP) is 2.55. The lowest BCUT2D eigenvalue weighted by Crippen LogP contribution is -2.54. The highest BCUT2D eigenvalue weighted by Gasteiger charge is 2.34. The molecule has 0 saturated heterocycles. The molecule has 1 N–H and O–H groups in total. The first-order valence-electron chi connectivity index (χ1n) is 6.68. The molecular formula is C13H30NO3S+. The lowest BCUT2D eigenvalue weighted by atomic mass is 9.99. The Morgan fingerprint density at radius 3 is 1.67 bits per heavy atom. The minimum atomic E-state index is -3.92. The lowest BCUT2D eigenvalue weighted by Gasteiger charge is -2.42. The van der Waals surface area contributed by atoms with Crippen LogP contribution in [-0.2, 0) is 10.1 Å². The summed E-state index contributed by atoms with van der Waals surface area (Å²) < 4.78 is 32.0. The summed E-state index contributed by atoms with van der Waals surface area (Å²) in [5.41, 5.74) is 0. The molecule has 3 unspecified atom stereocenters. The molecule has 0 aliphatic rings. The third-order valence-corrected chi connectivity index (χ3v) is 5.48. The highest BCUT2D eigenvalue weighted by atomic mass is 32.2. The SMILES string of the molecule is CC(C)CC(C)[N+](C)(C)C(C)CC(C)S(=O)(=O)O. The van der Waals surface area contributed by atoms with E-state index in [1.54, 1.807) is 6.92 Å². The fourth-order valence-corrected chi connectivity index (χ4v) is 2.78. The van der Waals surface area contributed by atoms with Crippen molar-refractivity contribution in [1.82, 2.24) is 0 Å². The number of rotatable bonds is 7. The molecule has 0 aliphatic heterocycles. The second kappa shape index (κ2) is 6.35. The van der Waals surface area contributed by atoms with Crippen LogP contribution >= 0.6 is 0 Å². The zero-order valence-corrected chi connectivity index (χ0v) is 13.7. The van der Waals surface area contributed by atoms with E-state index < -0.39 is 15.4 Å². The first-order chi connectivity index (χ1) is 7.89. The first-order valence-corrected chi connectivity index (χ1v) is 8.19. The van der Waals surface area contributed by atoms with Gasteiger partial charge in [0.25, 0.3) is 10.1 Å². The van der Waals surface area contributed by atoms with E-state index >= 15 is 0 Å². The minimum absolute atomic E-state index is 0.190. The van der Waals surface area contributed by atoms with Crippen molar-refractivity contribution in [2.45, 2.75) is 64.8 Å². The average Bonchev–Trinajstić information content (AvgIpc) is 2.14. The first kappa shape index (κ1) is 17.9. The zero-order valence-electron chi connectivity index (χ0n) is 12.8. The molecule has 0 rings (SSSR count). The van der Waals surface area contributed by atoms with Gasteiger partial charge in [-0.25, -0.2) is 0 Å². The van der Waals surface area contributed by atoms with E-state index in [9.17, 15) is 8.42 Å². The van der Waals surface area contributed by atoms with Gasteiger partial charge in [-0.3, -0.25) is 4.55 Å². The van der Waals surface area contributed by atoms with E-state index in [0.717, 1.165) is 10.9 Å². The summed E-state index contributed by atoms with van der Waals surface area (Å²) in [6.07, 6.45) is 1.59. The Morgan fingerprint density at radius 1 is 0.944 bits per heavy atom. The smallest absolute Gasteiger partial charge is 0.267 e. The van der Waals surface area contributed by atoms with Gasteiger partial charge in [0.1, 0.15) is 0 Å². The summed E-state index contributed by atoms with van der Waals surface area (Å²) in [7, 11) is 0.350. The largest absolute Gasteiger partial charge is 0.324 e. The molecule has 3 atom stereocenters. The second-order valence-corrected chi connectivity index (χ2v) is 8.35. The molecule has 0 aromatic carbocycles. The van der Waals surface area contributed by atoms with E-state index in [4.69, 9.17) is 4.55 Å². The summed E-state index contributed by atoms with van der Waals surface area (Å²) in [4.78, 5) is 0. The number of hydrogen-bond acceptors (Lipinski definition) is 2. The topological polar surface area (TPSA) is 54.4 Å². The maximum atomic E-state index is 11.1. The molecule has 110 valence electrons. The summed E-state index contributed by atoms with van der Waals surface area (Å²) in [6, 6.07) is 0.657. The van der Waals surface area contributed by atoms with Crippen molar-refractivity contribution in [2.75, 3.05) is 14.1 Å². The Labute approximate surface area is 113 Å². The molecule has 0 bridgehead atoms. The van der Waals surface area contributed by atoms with Gasteiger partial charge >= 0.3 is 0 Å². The molecule has 18 heavy (non-hydrogen) atoms. The Morgan fingerprint density at radius 2 is 1.33 bits per heavy atom. The van der Waals surface area contributed by atoms with Gasteiger partial charge in [0.2, 0.25) is 0 Å². The molecule has 4 nitrogen and oxygen atoms in total. The van der Waals surface area contributed by atoms with Crippen molar-refractivity contribution in [1.29, 1.82) is 0 Å². The van der Waals surface area contributed by atoms with Gasteiger partial charge in [-0.1, -0.05) is 13.8 Å². The van der Waals surface area contributed by atoms with Crippen LogP contribution in [0.4, 0.5) is 0 Å². The van der Waals surface area contributed by atoms with Crippen LogP contribution in [0.3, 0.4) is 0 Å². The van der Waals surface area contributed by atoms with Crippen LogP contribution in [0.5, 0.6) is 0 Å².